The molecular weight excluding hydrogens is 160 g/mol. The number of ether oxygens (including phenoxy) is 1. The van der Waals surface area contributed by atoms with Gasteiger partial charge in [-0.3, -0.25) is 4.21 Å². The molecule has 11 heavy (non-hydrogen) atoms. The van der Waals surface area contributed by atoms with Crippen LogP contribution in [0.5, 0.6) is 0 Å². The predicted octanol–water partition coefficient (Wildman–Crippen LogP) is 1.57. The van der Waals surface area contributed by atoms with Gasteiger partial charge in [-0.2, -0.15) is 0 Å². The molecule has 0 amide bonds. The molecule has 0 bridgehead atoms. The second-order valence-corrected chi connectivity index (χ2v) is 4.46. The third kappa shape index (κ3) is 8.01. The molecule has 1 atom stereocenters. The Bertz CT molecular complexity index is 113. The minimum Gasteiger partial charge on any atom is -0.378 e. The quantitative estimate of drug-likeness (QED) is 0.617. The van der Waals surface area contributed by atoms with Crippen molar-refractivity contribution in [1.82, 2.24) is 0 Å². The van der Waals surface area contributed by atoms with Crippen molar-refractivity contribution in [3.8, 4) is 0 Å². The fourth-order valence-corrected chi connectivity index (χ4v) is 1.65. The summed E-state index contributed by atoms with van der Waals surface area (Å²) in [4.78, 5) is 0. The van der Waals surface area contributed by atoms with E-state index in [4.69, 9.17) is 4.74 Å². The first-order valence-electron chi connectivity index (χ1n) is 4.13. The fraction of sp³-hybridized carbons (Fsp3) is 1.00. The summed E-state index contributed by atoms with van der Waals surface area (Å²) < 4.78 is 16.3. The maximum Gasteiger partial charge on any atom is 0.0585 e. The summed E-state index contributed by atoms with van der Waals surface area (Å²) in [6.45, 7) is 6.65. The van der Waals surface area contributed by atoms with Gasteiger partial charge >= 0.3 is 0 Å². The molecule has 0 aliphatic heterocycles. The van der Waals surface area contributed by atoms with Gasteiger partial charge in [-0.05, 0) is 20.3 Å². The minimum absolute atomic E-state index is 0.258. The molecular formula is C8H18O2S. The van der Waals surface area contributed by atoms with Gasteiger partial charge in [0, 0.05) is 22.3 Å². The van der Waals surface area contributed by atoms with Crippen LogP contribution in [-0.4, -0.2) is 28.4 Å². The van der Waals surface area contributed by atoms with Crippen molar-refractivity contribution in [2.75, 3.05) is 18.1 Å². The molecule has 1 unspecified atom stereocenters. The van der Waals surface area contributed by atoms with Crippen LogP contribution in [0.4, 0.5) is 0 Å². The van der Waals surface area contributed by atoms with Crippen LogP contribution in [0.3, 0.4) is 0 Å². The zero-order chi connectivity index (χ0) is 8.69. The highest BCUT2D eigenvalue weighted by atomic mass is 32.2. The van der Waals surface area contributed by atoms with E-state index in [1.54, 1.807) is 0 Å². The molecule has 0 fully saturated rings. The lowest BCUT2D eigenvalue weighted by molar-refractivity contribution is 0.0916. The SMILES string of the molecule is CCCS(=O)CCOC(C)C. The van der Waals surface area contributed by atoms with Gasteiger partial charge in [-0.1, -0.05) is 6.92 Å². The number of rotatable bonds is 6. The van der Waals surface area contributed by atoms with Crippen molar-refractivity contribution in [2.24, 2.45) is 0 Å². The molecule has 0 rings (SSSR count). The fourth-order valence-electron chi connectivity index (χ4n) is 0.706. The Morgan fingerprint density at radius 3 is 2.45 bits per heavy atom. The Morgan fingerprint density at radius 1 is 1.36 bits per heavy atom. The summed E-state index contributed by atoms with van der Waals surface area (Å²) in [5.74, 6) is 1.49. The van der Waals surface area contributed by atoms with Crippen molar-refractivity contribution in [3.63, 3.8) is 0 Å². The van der Waals surface area contributed by atoms with E-state index in [-0.39, 0.29) is 6.10 Å². The average molecular weight is 178 g/mol. The monoisotopic (exact) mass is 178 g/mol. The molecule has 0 aromatic carbocycles. The lowest BCUT2D eigenvalue weighted by Crippen LogP contribution is -2.12. The third-order valence-corrected chi connectivity index (χ3v) is 2.68. The van der Waals surface area contributed by atoms with Crippen LogP contribution in [0.1, 0.15) is 27.2 Å². The van der Waals surface area contributed by atoms with Crippen LogP contribution in [0, 0.1) is 0 Å². The maximum atomic E-state index is 11.1. The van der Waals surface area contributed by atoms with Crippen LogP contribution < -0.4 is 0 Å². The highest BCUT2D eigenvalue weighted by Gasteiger charge is 1.98. The van der Waals surface area contributed by atoms with Gasteiger partial charge in [0.15, 0.2) is 0 Å². The molecule has 0 aromatic heterocycles. The molecule has 68 valence electrons. The smallest absolute Gasteiger partial charge is 0.0585 e. The highest BCUT2D eigenvalue weighted by Crippen LogP contribution is 1.91. The first-order chi connectivity index (χ1) is 5.16. The zero-order valence-electron chi connectivity index (χ0n) is 7.63. The van der Waals surface area contributed by atoms with Crippen molar-refractivity contribution < 1.29 is 8.95 Å². The summed E-state index contributed by atoms with van der Waals surface area (Å²) in [5.41, 5.74) is 0. The Balaban J connectivity index is 3.17. The van der Waals surface area contributed by atoms with E-state index >= 15 is 0 Å². The van der Waals surface area contributed by atoms with E-state index in [1.165, 1.54) is 0 Å². The van der Waals surface area contributed by atoms with E-state index in [0.717, 1.165) is 12.2 Å². The molecule has 0 radical (unpaired) electrons. The predicted molar refractivity (Wildman–Crippen MR) is 49.3 cm³/mol. The van der Waals surface area contributed by atoms with Gasteiger partial charge in [-0.15, -0.1) is 0 Å². The summed E-state index contributed by atoms with van der Waals surface area (Å²) in [6.07, 6.45) is 1.25. The van der Waals surface area contributed by atoms with E-state index in [9.17, 15) is 4.21 Å². The summed E-state index contributed by atoms with van der Waals surface area (Å²) in [7, 11) is -0.661. The van der Waals surface area contributed by atoms with Crippen LogP contribution in [0.15, 0.2) is 0 Å². The topological polar surface area (TPSA) is 26.3 Å². The molecule has 0 aromatic rings. The van der Waals surface area contributed by atoms with Crippen LogP contribution in [-0.2, 0) is 15.5 Å². The van der Waals surface area contributed by atoms with Gasteiger partial charge < -0.3 is 4.74 Å². The first-order valence-corrected chi connectivity index (χ1v) is 5.62. The molecule has 0 saturated heterocycles. The number of hydrogen-bond donors (Lipinski definition) is 0. The largest absolute Gasteiger partial charge is 0.378 e. The molecule has 3 heteroatoms. The maximum absolute atomic E-state index is 11.1. The molecule has 0 aliphatic carbocycles. The Morgan fingerprint density at radius 2 is 2.00 bits per heavy atom. The normalized spacial score (nSPS) is 13.8. The van der Waals surface area contributed by atoms with Crippen LogP contribution in [0.25, 0.3) is 0 Å². The van der Waals surface area contributed by atoms with Crippen molar-refractivity contribution >= 4 is 10.8 Å². The zero-order valence-corrected chi connectivity index (χ0v) is 8.45. The Labute approximate surface area is 71.8 Å². The number of hydrogen-bond acceptors (Lipinski definition) is 2. The highest BCUT2D eigenvalue weighted by molar-refractivity contribution is 7.84. The van der Waals surface area contributed by atoms with E-state index in [1.807, 2.05) is 20.8 Å². The molecule has 0 saturated carbocycles. The van der Waals surface area contributed by atoms with Gasteiger partial charge in [0.2, 0.25) is 0 Å². The van der Waals surface area contributed by atoms with Crippen LogP contribution >= 0.6 is 0 Å². The van der Waals surface area contributed by atoms with Crippen molar-refractivity contribution in [3.05, 3.63) is 0 Å². The van der Waals surface area contributed by atoms with Crippen molar-refractivity contribution in [1.29, 1.82) is 0 Å². The summed E-state index contributed by atoms with van der Waals surface area (Å²) in [5, 5.41) is 0. The van der Waals surface area contributed by atoms with E-state index in [2.05, 4.69) is 0 Å². The minimum atomic E-state index is -0.661. The third-order valence-electron chi connectivity index (χ3n) is 1.19. The van der Waals surface area contributed by atoms with Gasteiger partial charge in [-0.25, -0.2) is 0 Å². The average Bonchev–Trinajstić information content (AvgIpc) is 1.87. The van der Waals surface area contributed by atoms with Gasteiger partial charge in [0.25, 0.3) is 0 Å². The summed E-state index contributed by atoms with van der Waals surface area (Å²) >= 11 is 0. The molecule has 0 heterocycles. The Kier molecular flexibility index (Phi) is 6.87. The molecule has 0 spiro atoms. The second kappa shape index (κ2) is 6.80. The van der Waals surface area contributed by atoms with E-state index < -0.39 is 10.8 Å². The first kappa shape index (κ1) is 11.1. The van der Waals surface area contributed by atoms with E-state index in [0.29, 0.717) is 12.4 Å². The molecule has 2 nitrogen and oxygen atoms in total. The Hall–Kier alpha value is 0.110. The van der Waals surface area contributed by atoms with Gasteiger partial charge in [0.1, 0.15) is 0 Å². The van der Waals surface area contributed by atoms with Crippen LogP contribution in [0.2, 0.25) is 0 Å². The van der Waals surface area contributed by atoms with Gasteiger partial charge in [0.05, 0.1) is 12.7 Å². The van der Waals surface area contributed by atoms with Crippen molar-refractivity contribution in [2.45, 2.75) is 33.3 Å². The second-order valence-electron chi connectivity index (χ2n) is 2.77. The molecule has 0 N–H and O–H groups in total. The lowest BCUT2D eigenvalue weighted by atomic mass is 10.5. The molecule has 0 aliphatic rings. The lowest BCUT2D eigenvalue weighted by Gasteiger charge is -2.06. The standard InChI is InChI=1S/C8H18O2S/c1-4-6-11(9)7-5-10-8(2)3/h8H,4-7H2,1-3H3. The summed E-state index contributed by atoms with van der Waals surface area (Å²) in [6, 6.07) is 0.